The fourth-order valence-corrected chi connectivity index (χ4v) is 8.76. The zero-order valence-corrected chi connectivity index (χ0v) is 13.8. The Kier molecular flexibility index (Phi) is 3.77. The molecule has 1 heterocycles. The van der Waals surface area contributed by atoms with Gasteiger partial charge in [-0.25, -0.2) is 4.79 Å². The number of hydrogen-bond acceptors (Lipinski definition) is 3. The lowest BCUT2D eigenvalue weighted by molar-refractivity contribution is -0.192. The van der Waals surface area contributed by atoms with Crippen LogP contribution in [0.1, 0.15) is 20.3 Å². The maximum atomic E-state index is 11.6. The summed E-state index contributed by atoms with van der Waals surface area (Å²) < 4.78 is 11.7. The third-order valence-corrected chi connectivity index (χ3v) is 20.5. The molecule has 1 aliphatic heterocycles. The second-order valence-electron chi connectivity index (χ2n) is 6.30. The number of ether oxygens (including phenoxy) is 1. The molecule has 0 aliphatic carbocycles. The van der Waals surface area contributed by atoms with Crippen molar-refractivity contribution in [3.05, 3.63) is 12.2 Å². The predicted octanol–water partition coefficient (Wildman–Crippen LogP) is 3.23. The van der Waals surface area contributed by atoms with E-state index < -0.39 is 21.2 Å². The summed E-state index contributed by atoms with van der Waals surface area (Å²) >= 11 is 0. The minimum Gasteiger partial charge on any atom is -0.431 e. The Morgan fingerprint density at radius 1 is 1.35 bits per heavy atom. The van der Waals surface area contributed by atoms with Gasteiger partial charge in [-0.05, 0) is 20.0 Å². The second-order valence-corrected chi connectivity index (χ2v) is 21.5. The molecule has 0 bridgehead atoms. The van der Waals surface area contributed by atoms with E-state index in [0.29, 0.717) is 5.57 Å². The zero-order valence-electron chi connectivity index (χ0n) is 11.8. The van der Waals surface area contributed by atoms with Crippen molar-refractivity contribution in [2.24, 2.45) is 0 Å². The number of carbonyl (C=O) groups is 1. The van der Waals surface area contributed by atoms with Gasteiger partial charge in [0.25, 0.3) is 0 Å². The number of esters is 1. The number of carbonyl (C=O) groups excluding carboxylic acids is 1. The highest BCUT2D eigenvalue weighted by Crippen LogP contribution is 2.39. The van der Waals surface area contributed by atoms with Crippen LogP contribution in [-0.2, 0) is 14.0 Å². The molecule has 3 nitrogen and oxygen atoms in total. The van der Waals surface area contributed by atoms with Gasteiger partial charge in [-0.1, -0.05) is 25.7 Å². The number of rotatable bonds is 2. The summed E-state index contributed by atoms with van der Waals surface area (Å²) in [5.74, 6) is -1.09. The molecular formula is C12H24O3Si2. The highest BCUT2D eigenvalue weighted by atomic mass is 29.3. The van der Waals surface area contributed by atoms with Crippen molar-refractivity contribution in [3.8, 4) is 0 Å². The highest BCUT2D eigenvalue weighted by molar-refractivity contribution is 7.38. The van der Waals surface area contributed by atoms with Gasteiger partial charge < -0.3 is 9.16 Å². The molecule has 0 aromatic heterocycles. The van der Waals surface area contributed by atoms with Gasteiger partial charge in [0.2, 0.25) is 5.79 Å². The van der Waals surface area contributed by atoms with E-state index in [9.17, 15) is 4.79 Å². The zero-order chi connectivity index (χ0) is 13.5. The molecular weight excluding hydrogens is 248 g/mol. The largest absolute Gasteiger partial charge is 0.431 e. The first-order chi connectivity index (χ1) is 7.49. The van der Waals surface area contributed by atoms with E-state index in [2.05, 4.69) is 32.8 Å². The SMILES string of the molecule is C=C(C)C(=O)OC1(C)CC[Si](C)(C)[Si](C)(C)O1. The molecule has 0 spiro atoms. The Bertz CT molecular complexity index is 350. The molecule has 1 rings (SSSR count). The maximum absolute atomic E-state index is 11.6. The van der Waals surface area contributed by atoms with Crippen molar-refractivity contribution in [2.45, 2.75) is 58.3 Å². The Morgan fingerprint density at radius 3 is 2.29 bits per heavy atom. The summed E-state index contributed by atoms with van der Waals surface area (Å²) in [6.45, 7) is 16.4. The van der Waals surface area contributed by atoms with Crippen LogP contribution in [0, 0.1) is 0 Å². The van der Waals surface area contributed by atoms with Crippen molar-refractivity contribution in [1.82, 2.24) is 0 Å². The van der Waals surface area contributed by atoms with E-state index in [4.69, 9.17) is 9.16 Å². The molecule has 1 unspecified atom stereocenters. The summed E-state index contributed by atoms with van der Waals surface area (Å²) in [7, 11) is -3.01. The summed E-state index contributed by atoms with van der Waals surface area (Å²) in [6, 6.07) is 1.16. The average Bonchev–Trinajstić information content (AvgIpc) is 2.12. The van der Waals surface area contributed by atoms with E-state index in [0.717, 1.165) is 12.5 Å². The lowest BCUT2D eigenvalue weighted by Gasteiger charge is -2.49. The monoisotopic (exact) mass is 272 g/mol. The summed E-state index contributed by atoms with van der Waals surface area (Å²) in [5, 5.41) is 0. The summed E-state index contributed by atoms with van der Waals surface area (Å²) in [4.78, 5) is 11.6. The van der Waals surface area contributed by atoms with Crippen LogP contribution >= 0.6 is 0 Å². The molecule has 5 heteroatoms. The lowest BCUT2D eigenvalue weighted by atomic mass is 10.2. The minimum absolute atomic E-state index is 0.348. The summed E-state index contributed by atoms with van der Waals surface area (Å²) in [6.07, 6.45) is 0.807. The first-order valence-corrected chi connectivity index (χ1v) is 13.2. The number of hydrogen-bond donors (Lipinski definition) is 0. The first-order valence-electron chi connectivity index (χ1n) is 6.08. The van der Waals surface area contributed by atoms with Crippen LogP contribution in [0.4, 0.5) is 0 Å². The fraction of sp³-hybridized carbons (Fsp3) is 0.750. The quantitative estimate of drug-likeness (QED) is 0.440. The van der Waals surface area contributed by atoms with E-state index in [1.54, 1.807) is 6.92 Å². The molecule has 0 saturated carbocycles. The molecule has 17 heavy (non-hydrogen) atoms. The second kappa shape index (κ2) is 4.37. The van der Waals surface area contributed by atoms with Crippen LogP contribution in [0.25, 0.3) is 0 Å². The molecule has 0 N–H and O–H groups in total. The third kappa shape index (κ3) is 3.08. The average molecular weight is 272 g/mol. The predicted molar refractivity (Wildman–Crippen MR) is 74.8 cm³/mol. The molecule has 98 valence electrons. The highest BCUT2D eigenvalue weighted by Gasteiger charge is 2.53. The van der Waals surface area contributed by atoms with Crippen LogP contribution in [0.3, 0.4) is 0 Å². The van der Waals surface area contributed by atoms with Crippen molar-refractivity contribution in [3.63, 3.8) is 0 Å². The van der Waals surface area contributed by atoms with Gasteiger partial charge in [0, 0.05) is 18.9 Å². The van der Waals surface area contributed by atoms with Crippen LogP contribution in [0.2, 0.25) is 32.2 Å². The van der Waals surface area contributed by atoms with Gasteiger partial charge in [-0.2, -0.15) is 0 Å². The van der Waals surface area contributed by atoms with E-state index in [1.807, 2.05) is 6.92 Å². The fourth-order valence-electron chi connectivity index (χ4n) is 1.92. The molecule has 0 amide bonds. The molecule has 1 atom stereocenters. The van der Waals surface area contributed by atoms with Gasteiger partial charge >= 0.3 is 5.97 Å². The van der Waals surface area contributed by atoms with Crippen molar-refractivity contribution in [2.75, 3.05) is 0 Å². The van der Waals surface area contributed by atoms with Crippen LogP contribution in [0.15, 0.2) is 12.2 Å². The third-order valence-electron chi connectivity index (χ3n) is 3.96. The summed E-state index contributed by atoms with van der Waals surface area (Å²) in [5.41, 5.74) is 0.427. The van der Waals surface area contributed by atoms with Crippen LogP contribution < -0.4 is 0 Å². The smallest absolute Gasteiger partial charge is 0.335 e. The van der Waals surface area contributed by atoms with Gasteiger partial charge in [-0.3, -0.25) is 0 Å². The lowest BCUT2D eigenvalue weighted by Crippen LogP contribution is -2.65. The van der Waals surface area contributed by atoms with E-state index >= 15 is 0 Å². The Morgan fingerprint density at radius 2 is 1.88 bits per heavy atom. The van der Waals surface area contributed by atoms with Crippen LogP contribution in [-0.4, -0.2) is 27.2 Å². The van der Waals surface area contributed by atoms with Crippen molar-refractivity contribution >= 4 is 21.4 Å². The van der Waals surface area contributed by atoms with E-state index in [-0.39, 0.29) is 5.97 Å². The van der Waals surface area contributed by atoms with Gasteiger partial charge in [0.1, 0.15) is 0 Å². The molecule has 1 fully saturated rings. The van der Waals surface area contributed by atoms with Gasteiger partial charge in [0.15, 0.2) is 7.83 Å². The van der Waals surface area contributed by atoms with Crippen LogP contribution in [0.5, 0.6) is 0 Å². The topological polar surface area (TPSA) is 35.5 Å². The molecule has 1 aliphatic rings. The minimum atomic E-state index is -1.72. The molecule has 0 aromatic carbocycles. The van der Waals surface area contributed by atoms with Gasteiger partial charge in [0.05, 0.1) is 7.59 Å². The standard InChI is InChI=1S/C12H24O3Si2/c1-10(2)11(13)14-12(3)8-9-16(4,5)17(6,7)15-12/h1,8-9H2,2-7H3. The molecule has 0 aromatic rings. The van der Waals surface area contributed by atoms with Crippen molar-refractivity contribution in [1.29, 1.82) is 0 Å². The van der Waals surface area contributed by atoms with Gasteiger partial charge in [-0.15, -0.1) is 0 Å². The Balaban J connectivity index is 2.82. The maximum Gasteiger partial charge on any atom is 0.335 e. The molecule has 1 saturated heterocycles. The first kappa shape index (κ1) is 14.7. The normalized spacial score (nSPS) is 30.7. The molecule has 0 radical (unpaired) electrons. The Hall–Kier alpha value is -0.396. The Labute approximate surface area is 106 Å². The van der Waals surface area contributed by atoms with Crippen molar-refractivity contribution < 1.29 is 14.0 Å². The van der Waals surface area contributed by atoms with E-state index in [1.165, 1.54) is 0 Å².